The topological polar surface area (TPSA) is 29.5 Å². The van der Waals surface area contributed by atoms with Crippen molar-refractivity contribution in [1.29, 1.82) is 0 Å². The summed E-state index contributed by atoms with van der Waals surface area (Å²) in [4.78, 5) is 13.0. The van der Waals surface area contributed by atoms with Crippen molar-refractivity contribution in [3.8, 4) is 0 Å². The lowest BCUT2D eigenvalue weighted by atomic mass is 10.4. The molecule has 1 saturated heterocycles. The third-order valence-electron chi connectivity index (χ3n) is 1.69. The van der Waals surface area contributed by atoms with Crippen molar-refractivity contribution in [2.45, 2.75) is 6.42 Å². The summed E-state index contributed by atoms with van der Waals surface area (Å²) in [5.74, 6) is 2.15. The molecule has 0 amide bonds. The fourth-order valence-electron chi connectivity index (χ4n) is 0.980. The van der Waals surface area contributed by atoms with Gasteiger partial charge in [0.15, 0.2) is 0 Å². The Labute approximate surface area is 71.1 Å². The molecule has 0 spiro atoms. The zero-order chi connectivity index (χ0) is 8.10. The average molecular weight is 175 g/mol. The van der Waals surface area contributed by atoms with Gasteiger partial charge in [-0.3, -0.25) is 9.69 Å². The summed E-state index contributed by atoms with van der Waals surface area (Å²) < 4.78 is 4.54. The second-order valence-electron chi connectivity index (χ2n) is 2.48. The number of hydrogen-bond donors (Lipinski definition) is 0. The van der Waals surface area contributed by atoms with Crippen molar-refractivity contribution in [3.05, 3.63) is 0 Å². The van der Waals surface area contributed by atoms with Crippen molar-refractivity contribution in [3.63, 3.8) is 0 Å². The van der Waals surface area contributed by atoms with E-state index in [-0.39, 0.29) is 5.97 Å². The highest BCUT2D eigenvalue weighted by Crippen LogP contribution is 2.12. The van der Waals surface area contributed by atoms with E-state index in [0.717, 1.165) is 19.0 Å². The molecule has 0 aromatic heterocycles. The number of carbonyl (C=O) groups excluding carboxylic acids is 1. The van der Waals surface area contributed by atoms with Crippen molar-refractivity contribution in [2.75, 3.05) is 31.8 Å². The Morgan fingerprint density at radius 2 is 2.55 bits per heavy atom. The van der Waals surface area contributed by atoms with Crippen LogP contribution in [0.25, 0.3) is 0 Å². The molecule has 0 saturated carbocycles. The maximum atomic E-state index is 10.7. The molecule has 0 aromatic rings. The van der Waals surface area contributed by atoms with Crippen LogP contribution >= 0.6 is 11.8 Å². The smallest absolute Gasteiger partial charge is 0.306 e. The molecule has 0 aromatic carbocycles. The van der Waals surface area contributed by atoms with Gasteiger partial charge in [-0.15, -0.1) is 11.8 Å². The van der Waals surface area contributed by atoms with E-state index in [0.29, 0.717) is 6.42 Å². The van der Waals surface area contributed by atoms with E-state index >= 15 is 0 Å². The first-order chi connectivity index (χ1) is 5.33. The van der Waals surface area contributed by atoms with Gasteiger partial charge < -0.3 is 4.74 Å². The quantitative estimate of drug-likeness (QED) is 0.586. The number of esters is 1. The molecule has 0 atom stereocenters. The van der Waals surface area contributed by atoms with Crippen molar-refractivity contribution in [1.82, 2.24) is 4.90 Å². The molecular formula is C7H13NO2S. The van der Waals surface area contributed by atoms with Crippen LogP contribution in [0.15, 0.2) is 0 Å². The summed E-state index contributed by atoms with van der Waals surface area (Å²) in [6, 6.07) is 0. The van der Waals surface area contributed by atoms with Crippen LogP contribution in [0.3, 0.4) is 0 Å². The molecule has 3 nitrogen and oxygen atoms in total. The molecule has 1 rings (SSSR count). The normalized spacial score (nSPS) is 18.6. The monoisotopic (exact) mass is 175 g/mol. The Hall–Kier alpha value is -0.220. The minimum atomic E-state index is -0.109. The summed E-state index contributed by atoms with van der Waals surface area (Å²) in [6.45, 7) is 1.96. The Morgan fingerprint density at radius 1 is 1.73 bits per heavy atom. The Balaban J connectivity index is 2.06. The number of ether oxygens (including phenoxy) is 1. The molecule has 1 aliphatic heterocycles. The first-order valence-corrected chi connectivity index (χ1v) is 4.85. The standard InChI is InChI=1S/C7H13NO2S/c1-10-7(9)2-3-8-4-5-11-6-8/h2-6H2,1H3. The Bertz CT molecular complexity index is 134. The minimum absolute atomic E-state index is 0.109. The molecule has 0 radical (unpaired) electrons. The Morgan fingerprint density at radius 3 is 3.09 bits per heavy atom. The number of carbonyl (C=O) groups is 1. The van der Waals surface area contributed by atoms with Gasteiger partial charge in [0.25, 0.3) is 0 Å². The van der Waals surface area contributed by atoms with Gasteiger partial charge in [0.1, 0.15) is 0 Å². The lowest BCUT2D eigenvalue weighted by Crippen LogP contribution is -2.23. The van der Waals surface area contributed by atoms with E-state index in [1.165, 1.54) is 12.9 Å². The third kappa shape index (κ3) is 3.12. The summed E-state index contributed by atoms with van der Waals surface area (Å²) in [6.07, 6.45) is 0.525. The number of methoxy groups -OCH3 is 1. The Kier molecular flexibility index (Phi) is 3.72. The number of rotatable bonds is 3. The van der Waals surface area contributed by atoms with Crippen LogP contribution in [0.1, 0.15) is 6.42 Å². The van der Waals surface area contributed by atoms with Crippen LogP contribution in [0, 0.1) is 0 Å². The van der Waals surface area contributed by atoms with Gasteiger partial charge in [-0.25, -0.2) is 0 Å². The highest BCUT2D eigenvalue weighted by atomic mass is 32.2. The van der Waals surface area contributed by atoms with E-state index in [9.17, 15) is 4.79 Å². The van der Waals surface area contributed by atoms with Crippen LogP contribution in [0.5, 0.6) is 0 Å². The molecule has 64 valence electrons. The van der Waals surface area contributed by atoms with Gasteiger partial charge in [0.2, 0.25) is 0 Å². The summed E-state index contributed by atoms with van der Waals surface area (Å²) in [7, 11) is 1.43. The molecule has 1 aliphatic rings. The molecule has 11 heavy (non-hydrogen) atoms. The van der Waals surface area contributed by atoms with Crippen molar-refractivity contribution < 1.29 is 9.53 Å². The van der Waals surface area contributed by atoms with Gasteiger partial charge in [0.05, 0.1) is 13.5 Å². The van der Waals surface area contributed by atoms with Crippen molar-refractivity contribution >= 4 is 17.7 Å². The van der Waals surface area contributed by atoms with E-state index in [4.69, 9.17) is 0 Å². The molecule has 0 N–H and O–H groups in total. The molecular weight excluding hydrogens is 162 g/mol. The second-order valence-corrected chi connectivity index (χ2v) is 3.56. The maximum absolute atomic E-state index is 10.7. The van der Waals surface area contributed by atoms with Crippen LogP contribution in [-0.2, 0) is 9.53 Å². The molecule has 0 aliphatic carbocycles. The van der Waals surface area contributed by atoms with Crippen LogP contribution in [0.2, 0.25) is 0 Å². The van der Waals surface area contributed by atoms with Gasteiger partial charge in [-0.2, -0.15) is 0 Å². The SMILES string of the molecule is COC(=O)CCN1CCSC1. The molecule has 0 bridgehead atoms. The maximum Gasteiger partial charge on any atom is 0.306 e. The average Bonchev–Trinajstić information content (AvgIpc) is 2.52. The predicted molar refractivity (Wildman–Crippen MR) is 45.5 cm³/mol. The predicted octanol–water partition coefficient (Wildman–Crippen LogP) is 0.556. The number of thioether (sulfide) groups is 1. The van der Waals surface area contributed by atoms with Crippen LogP contribution in [-0.4, -0.2) is 42.7 Å². The minimum Gasteiger partial charge on any atom is -0.469 e. The van der Waals surface area contributed by atoms with Gasteiger partial charge in [-0.1, -0.05) is 0 Å². The zero-order valence-corrected chi connectivity index (χ0v) is 7.52. The van der Waals surface area contributed by atoms with E-state index in [2.05, 4.69) is 9.64 Å². The summed E-state index contributed by atoms with van der Waals surface area (Å²) in [5.41, 5.74) is 0. The van der Waals surface area contributed by atoms with E-state index in [1.807, 2.05) is 11.8 Å². The van der Waals surface area contributed by atoms with Crippen LogP contribution in [0.4, 0.5) is 0 Å². The summed E-state index contributed by atoms with van der Waals surface area (Å²) in [5, 5.41) is 0. The second kappa shape index (κ2) is 4.62. The first-order valence-electron chi connectivity index (χ1n) is 3.70. The molecule has 1 fully saturated rings. The lowest BCUT2D eigenvalue weighted by Gasteiger charge is -2.11. The third-order valence-corrected chi connectivity index (χ3v) is 2.70. The van der Waals surface area contributed by atoms with Gasteiger partial charge in [-0.05, 0) is 0 Å². The lowest BCUT2D eigenvalue weighted by molar-refractivity contribution is -0.140. The van der Waals surface area contributed by atoms with Crippen molar-refractivity contribution in [2.24, 2.45) is 0 Å². The zero-order valence-electron chi connectivity index (χ0n) is 6.71. The van der Waals surface area contributed by atoms with E-state index in [1.54, 1.807) is 0 Å². The molecule has 1 heterocycles. The number of nitrogens with zero attached hydrogens (tertiary/aromatic N) is 1. The van der Waals surface area contributed by atoms with Gasteiger partial charge >= 0.3 is 5.97 Å². The molecule has 4 heteroatoms. The fraction of sp³-hybridized carbons (Fsp3) is 0.857. The molecule has 0 unspecified atom stereocenters. The number of hydrogen-bond acceptors (Lipinski definition) is 4. The summed E-state index contributed by atoms with van der Waals surface area (Å²) >= 11 is 1.92. The highest BCUT2D eigenvalue weighted by molar-refractivity contribution is 7.99. The largest absolute Gasteiger partial charge is 0.469 e. The van der Waals surface area contributed by atoms with Gasteiger partial charge in [0, 0.05) is 24.7 Å². The van der Waals surface area contributed by atoms with E-state index < -0.39 is 0 Å². The fourth-order valence-corrected chi connectivity index (χ4v) is 2.01. The first kappa shape index (κ1) is 8.87. The highest BCUT2D eigenvalue weighted by Gasteiger charge is 2.12. The van der Waals surface area contributed by atoms with Crippen LogP contribution < -0.4 is 0 Å².